The number of aryl methyl sites for hydroxylation is 1. The predicted molar refractivity (Wildman–Crippen MR) is 179 cm³/mol. The zero-order chi connectivity index (χ0) is 33.2. The van der Waals surface area contributed by atoms with Crippen LogP contribution in [0.4, 0.5) is 4.79 Å². The SMILES string of the molecule is O=C(NCCCCC(OP(=O)(CCCCc1ccccc1)OCc1ccccc1)C(=O)OC(=O)[C@@H]1CCCN1)OCc1ccccc1. The van der Waals surface area contributed by atoms with Gasteiger partial charge < -0.3 is 24.6 Å². The highest BCUT2D eigenvalue weighted by molar-refractivity contribution is 7.53. The van der Waals surface area contributed by atoms with Crippen LogP contribution in [0, 0.1) is 0 Å². The Morgan fingerprint density at radius 2 is 1.45 bits per heavy atom. The third-order valence-electron chi connectivity index (χ3n) is 7.73. The van der Waals surface area contributed by atoms with Crippen LogP contribution in [-0.2, 0) is 52.3 Å². The highest BCUT2D eigenvalue weighted by atomic mass is 31.2. The second-order valence-electron chi connectivity index (χ2n) is 11.5. The number of ether oxygens (including phenoxy) is 2. The molecule has 10 nitrogen and oxygen atoms in total. The fourth-order valence-corrected chi connectivity index (χ4v) is 6.95. The van der Waals surface area contributed by atoms with Crippen molar-refractivity contribution >= 4 is 25.6 Å². The Labute approximate surface area is 277 Å². The molecule has 4 rings (SSSR count). The third-order valence-corrected chi connectivity index (χ3v) is 9.70. The summed E-state index contributed by atoms with van der Waals surface area (Å²) in [4.78, 5) is 38.1. The number of nitrogens with one attached hydrogen (secondary N) is 2. The number of amides is 1. The number of esters is 2. The van der Waals surface area contributed by atoms with E-state index in [0.29, 0.717) is 38.8 Å². The smallest absolute Gasteiger partial charge is 0.407 e. The van der Waals surface area contributed by atoms with Crippen LogP contribution in [0.5, 0.6) is 0 Å². The molecule has 0 radical (unpaired) electrons. The summed E-state index contributed by atoms with van der Waals surface area (Å²) in [6.45, 7) is 1.16. The van der Waals surface area contributed by atoms with Crippen LogP contribution in [0.25, 0.3) is 0 Å². The molecular formula is C36H45N2O8P. The molecule has 1 aliphatic rings. The fraction of sp³-hybridized carbons (Fsp3) is 0.417. The number of carbonyl (C=O) groups excluding carboxylic acids is 3. The molecular weight excluding hydrogens is 619 g/mol. The van der Waals surface area contributed by atoms with Crippen molar-refractivity contribution < 1.29 is 37.5 Å². The van der Waals surface area contributed by atoms with E-state index in [-0.39, 0.29) is 25.8 Å². The van der Waals surface area contributed by atoms with Crippen LogP contribution < -0.4 is 10.6 Å². The van der Waals surface area contributed by atoms with Crippen molar-refractivity contribution in [3.05, 3.63) is 108 Å². The largest absolute Gasteiger partial charge is 0.445 e. The van der Waals surface area contributed by atoms with E-state index in [1.165, 1.54) is 5.56 Å². The van der Waals surface area contributed by atoms with Crippen molar-refractivity contribution in [3.8, 4) is 0 Å². The normalized spacial score (nSPS) is 16.1. The van der Waals surface area contributed by atoms with E-state index in [0.717, 1.165) is 30.4 Å². The minimum atomic E-state index is -3.81. The van der Waals surface area contributed by atoms with E-state index >= 15 is 0 Å². The number of benzene rings is 3. The average Bonchev–Trinajstić information content (AvgIpc) is 3.65. The molecule has 0 bridgehead atoms. The molecule has 1 aliphatic heterocycles. The van der Waals surface area contributed by atoms with E-state index in [4.69, 9.17) is 18.5 Å². The lowest BCUT2D eigenvalue weighted by molar-refractivity contribution is -0.166. The van der Waals surface area contributed by atoms with Crippen molar-refractivity contribution in [1.29, 1.82) is 0 Å². The number of carbonyl (C=O) groups is 3. The van der Waals surface area contributed by atoms with Gasteiger partial charge in [-0.05, 0) is 74.6 Å². The van der Waals surface area contributed by atoms with Gasteiger partial charge in [-0.1, -0.05) is 91.0 Å². The van der Waals surface area contributed by atoms with Gasteiger partial charge in [-0.3, -0.25) is 9.09 Å². The zero-order valence-corrected chi connectivity index (χ0v) is 27.6. The van der Waals surface area contributed by atoms with Gasteiger partial charge in [0, 0.05) is 6.54 Å². The maximum absolute atomic E-state index is 14.2. The van der Waals surface area contributed by atoms with Crippen LogP contribution in [0.2, 0.25) is 0 Å². The van der Waals surface area contributed by atoms with Crippen molar-refractivity contribution in [2.24, 2.45) is 0 Å². The second-order valence-corrected chi connectivity index (χ2v) is 13.6. The van der Waals surface area contributed by atoms with Crippen LogP contribution in [0.3, 0.4) is 0 Å². The lowest BCUT2D eigenvalue weighted by Gasteiger charge is -2.24. The summed E-state index contributed by atoms with van der Waals surface area (Å²) in [6.07, 6.45) is 2.75. The number of unbranched alkanes of at least 4 members (excludes halogenated alkanes) is 2. The molecule has 2 unspecified atom stereocenters. The second kappa shape index (κ2) is 19.8. The molecule has 1 heterocycles. The molecule has 0 aliphatic carbocycles. The summed E-state index contributed by atoms with van der Waals surface area (Å²) < 4.78 is 36.6. The van der Waals surface area contributed by atoms with Gasteiger partial charge in [-0.15, -0.1) is 0 Å². The molecule has 1 amide bonds. The van der Waals surface area contributed by atoms with Crippen molar-refractivity contribution in [2.45, 2.75) is 76.7 Å². The van der Waals surface area contributed by atoms with E-state index in [1.807, 2.05) is 91.0 Å². The molecule has 0 aromatic heterocycles. The zero-order valence-electron chi connectivity index (χ0n) is 26.7. The van der Waals surface area contributed by atoms with Gasteiger partial charge in [0.15, 0.2) is 6.10 Å². The van der Waals surface area contributed by atoms with Gasteiger partial charge >= 0.3 is 25.6 Å². The van der Waals surface area contributed by atoms with Crippen molar-refractivity contribution in [2.75, 3.05) is 19.3 Å². The topological polar surface area (TPSA) is 129 Å². The first-order valence-electron chi connectivity index (χ1n) is 16.3. The average molecular weight is 665 g/mol. The Morgan fingerprint density at radius 1 is 0.809 bits per heavy atom. The van der Waals surface area contributed by atoms with Gasteiger partial charge in [-0.2, -0.15) is 0 Å². The lowest BCUT2D eigenvalue weighted by Crippen LogP contribution is -2.37. The molecule has 47 heavy (non-hydrogen) atoms. The van der Waals surface area contributed by atoms with Gasteiger partial charge in [0.05, 0.1) is 12.8 Å². The minimum absolute atomic E-state index is 0.0402. The van der Waals surface area contributed by atoms with Crippen LogP contribution in [-0.4, -0.2) is 49.4 Å². The van der Waals surface area contributed by atoms with Crippen LogP contribution in [0.15, 0.2) is 91.0 Å². The molecule has 11 heteroatoms. The van der Waals surface area contributed by atoms with E-state index in [9.17, 15) is 18.9 Å². The Bertz CT molecular complexity index is 1420. The van der Waals surface area contributed by atoms with Gasteiger partial charge in [0.25, 0.3) is 0 Å². The Hall–Kier alpha value is -3.82. The molecule has 0 spiro atoms. The molecule has 3 atom stereocenters. The fourth-order valence-electron chi connectivity index (χ4n) is 5.12. The van der Waals surface area contributed by atoms with Crippen LogP contribution >= 0.6 is 7.60 Å². The van der Waals surface area contributed by atoms with Gasteiger partial charge in [-0.25, -0.2) is 14.4 Å². The van der Waals surface area contributed by atoms with E-state index in [2.05, 4.69) is 10.6 Å². The first kappa shape index (κ1) is 36.0. The van der Waals surface area contributed by atoms with Crippen molar-refractivity contribution in [3.63, 3.8) is 0 Å². The van der Waals surface area contributed by atoms with Gasteiger partial charge in [0.2, 0.25) is 0 Å². The summed E-state index contributed by atoms with van der Waals surface area (Å²) >= 11 is 0. The molecule has 2 N–H and O–H groups in total. The Balaban J connectivity index is 1.35. The van der Waals surface area contributed by atoms with E-state index in [1.54, 1.807) is 0 Å². The summed E-state index contributed by atoms with van der Waals surface area (Å²) in [6, 6.07) is 28.1. The maximum atomic E-state index is 14.2. The summed E-state index contributed by atoms with van der Waals surface area (Å²) in [5.41, 5.74) is 2.86. The third kappa shape index (κ3) is 13.4. The number of rotatable bonds is 19. The molecule has 252 valence electrons. The summed E-state index contributed by atoms with van der Waals surface area (Å²) in [5.74, 6) is -1.57. The first-order chi connectivity index (χ1) is 22.9. The quantitative estimate of drug-likeness (QED) is 0.0621. The summed E-state index contributed by atoms with van der Waals surface area (Å²) in [7, 11) is -3.81. The predicted octanol–water partition coefficient (Wildman–Crippen LogP) is 6.72. The maximum Gasteiger partial charge on any atom is 0.407 e. The molecule has 3 aromatic carbocycles. The molecule has 1 fully saturated rings. The standard InChI is InChI=1S/C36H45N2O8P/c39-34(32-22-14-25-37-32)45-35(40)33(23-10-12-24-38-36(41)43-27-30-18-6-2-7-19-30)46-47(42,44-28-31-20-8-3-9-21-31)26-13-11-17-29-15-4-1-5-16-29/h1-9,15-16,18-21,32-33,37H,10-14,17,22-28H2,(H,38,41)/t32-,33?,47?/m0/s1. The Kier molecular flexibility index (Phi) is 15.1. The molecule has 0 saturated carbocycles. The minimum Gasteiger partial charge on any atom is -0.445 e. The van der Waals surface area contributed by atoms with Crippen LogP contribution in [0.1, 0.15) is 61.6 Å². The number of hydrogen-bond acceptors (Lipinski definition) is 9. The summed E-state index contributed by atoms with van der Waals surface area (Å²) in [5, 5.41) is 5.73. The monoisotopic (exact) mass is 664 g/mol. The van der Waals surface area contributed by atoms with Crippen molar-refractivity contribution in [1.82, 2.24) is 10.6 Å². The molecule has 1 saturated heterocycles. The number of hydrogen-bond donors (Lipinski definition) is 2. The molecule has 3 aromatic rings. The Morgan fingerprint density at radius 3 is 2.09 bits per heavy atom. The highest BCUT2D eigenvalue weighted by Gasteiger charge is 2.35. The van der Waals surface area contributed by atoms with Gasteiger partial charge in [0.1, 0.15) is 12.6 Å². The first-order valence-corrected chi connectivity index (χ1v) is 18.1. The highest BCUT2D eigenvalue weighted by Crippen LogP contribution is 2.51. The number of alkyl carbamates (subject to hydrolysis) is 1. The van der Waals surface area contributed by atoms with E-state index < -0.39 is 37.8 Å². The lowest BCUT2D eigenvalue weighted by atomic mass is 10.1.